The summed E-state index contributed by atoms with van der Waals surface area (Å²) in [5.74, 6) is -0.531. The fraction of sp³-hybridized carbons (Fsp3) is 0.429. The lowest BCUT2D eigenvalue weighted by Crippen LogP contribution is -2.46. The van der Waals surface area contributed by atoms with Gasteiger partial charge in [-0.2, -0.15) is 0 Å². The molecule has 0 saturated carbocycles. The fourth-order valence-electron chi connectivity index (χ4n) is 2.10. The first kappa shape index (κ1) is 14.3. The number of para-hydroxylation sites is 1. The monoisotopic (exact) mass is 278 g/mol. The highest BCUT2D eigenvalue weighted by molar-refractivity contribution is 5.90. The van der Waals surface area contributed by atoms with Crippen molar-refractivity contribution >= 4 is 11.9 Å². The Hall–Kier alpha value is -2.08. The third-order valence-corrected chi connectivity index (χ3v) is 3.18. The van der Waals surface area contributed by atoms with Crippen molar-refractivity contribution in [2.24, 2.45) is 0 Å². The second-order valence-corrected chi connectivity index (χ2v) is 4.64. The van der Waals surface area contributed by atoms with Crippen LogP contribution in [0.1, 0.15) is 23.2 Å². The molecule has 1 aliphatic heterocycles. The van der Waals surface area contributed by atoms with Crippen LogP contribution in [0.15, 0.2) is 24.3 Å². The molecule has 1 atom stereocenters. The number of carboxylic acid groups (broad SMARTS) is 1. The van der Waals surface area contributed by atoms with Crippen LogP contribution < -0.4 is 15.4 Å². The Morgan fingerprint density at radius 1 is 1.45 bits per heavy atom. The van der Waals surface area contributed by atoms with Crippen molar-refractivity contribution in [1.82, 2.24) is 10.6 Å². The number of amides is 1. The number of hydrogen-bond donors (Lipinski definition) is 3. The van der Waals surface area contributed by atoms with Gasteiger partial charge in [0, 0.05) is 25.6 Å². The van der Waals surface area contributed by atoms with Gasteiger partial charge in [0.2, 0.25) is 5.91 Å². The number of carbonyl (C=O) groups is 2. The summed E-state index contributed by atoms with van der Waals surface area (Å²) < 4.78 is 5.48. The van der Waals surface area contributed by atoms with E-state index in [1.165, 1.54) is 6.07 Å². The minimum absolute atomic E-state index is 0.0923. The number of carbonyl (C=O) groups excluding carboxylic acids is 1. The first-order valence-electron chi connectivity index (χ1n) is 6.62. The van der Waals surface area contributed by atoms with Gasteiger partial charge in [0.1, 0.15) is 17.9 Å². The molecule has 1 saturated heterocycles. The van der Waals surface area contributed by atoms with Crippen LogP contribution in [0.3, 0.4) is 0 Å². The van der Waals surface area contributed by atoms with Crippen LogP contribution in [0, 0.1) is 0 Å². The molecular formula is C14H18N2O4. The Labute approximate surface area is 117 Å². The van der Waals surface area contributed by atoms with E-state index in [1.807, 2.05) is 0 Å². The molecule has 108 valence electrons. The molecule has 0 aromatic heterocycles. The van der Waals surface area contributed by atoms with Gasteiger partial charge in [0.05, 0.1) is 0 Å². The van der Waals surface area contributed by atoms with Gasteiger partial charge < -0.3 is 20.5 Å². The van der Waals surface area contributed by atoms with Crippen molar-refractivity contribution < 1.29 is 19.4 Å². The SMILES string of the molecule is O=C1CCC(NCCOc2ccccc2C(=O)O)CN1. The maximum atomic E-state index is 11.0. The first-order valence-corrected chi connectivity index (χ1v) is 6.62. The second-order valence-electron chi connectivity index (χ2n) is 4.64. The second kappa shape index (κ2) is 6.91. The molecule has 6 nitrogen and oxygen atoms in total. The Bertz CT molecular complexity index is 480. The van der Waals surface area contributed by atoms with E-state index in [-0.39, 0.29) is 17.5 Å². The van der Waals surface area contributed by atoms with Gasteiger partial charge in [-0.25, -0.2) is 4.79 Å². The number of carboxylic acids is 1. The van der Waals surface area contributed by atoms with Crippen molar-refractivity contribution in [2.45, 2.75) is 18.9 Å². The van der Waals surface area contributed by atoms with Crippen molar-refractivity contribution in [3.05, 3.63) is 29.8 Å². The molecule has 2 rings (SSSR count). The van der Waals surface area contributed by atoms with E-state index in [2.05, 4.69) is 10.6 Å². The number of nitrogens with one attached hydrogen (secondary N) is 2. The summed E-state index contributed by atoms with van der Waals surface area (Å²) in [6.07, 6.45) is 1.36. The zero-order valence-electron chi connectivity index (χ0n) is 11.1. The quantitative estimate of drug-likeness (QED) is 0.664. The molecule has 6 heteroatoms. The van der Waals surface area contributed by atoms with E-state index in [4.69, 9.17) is 9.84 Å². The summed E-state index contributed by atoms with van der Waals surface area (Å²) in [6.45, 7) is 1.62. The van der Waals surface area contributed by atoms with Gasteiger partial charge in [-0.05, 0) is 18.6 Å². The van der Waals surface area contributed by atoms with Gasteiger partial charge in [0.15, 0.2) is 0 Å². The van der Waals surface area contributed by atoms with Gasteiger partial charge in [0.25, 0.3) is 0 Å². The summed E-state index contributed by atoms with van der Waals surface area (Å²) in [6, 6.07) is 6.82. The Balaban J connectivity index is 1.73. The maximum Gasteiger partial charge on any atom is 0.339 e. The van der Waals surface area contributed by atoms with Crippen LogP contribution in [-0.2, 0) is 4.79 Å². The molecule has 0 radical (unpaired) electrons. The van der Waals surface area contributed by atoms with E-state index in [0.717, 1.165) is 6.42 Å². The largest absolute Gasteiger partial charge is 0.491 e. The normalized spacial score (nSPS) is 18.4. The molecule has 20 heavy (non-hydrogen) atoms. The Morgan fingerprint density at radius 3 is 2.95 bits per heavy atom. The summed E-state index contributed by atoms with van der Waals surface area (Å²) in [7, 11) is 0. The highest BCUT2D eigenvalue weighted by Crippen LogP contribution is 2.17. The number of rotatable bonds is 6. The zero-order chi connectivity index (χ0) is 14.4. The molecule has 1 aromatic carbocycles. The zero-order valence-corrected chi connectivity index (χ0v) is 11.1. The molecular weight excluding hydrogens is 260 g/mol. The third kappa shape index (κ3) is 3.96. The average molecular weight is 278 g/mol. The van der Waals surface area contributed by atoms with E-state index in [1.54, 1.807) is 18.2 Å². The standard InChI is InChI=1S/C14H18N2O4/c17-13-6-5-10(9-16-13)15-7-8-20-12-4-2-1-3-11(12)14(18)19/h1-4,10,15H,5-9H2,(H,16,17)(H,18,19). The van der Waals surface area contributed by atoms with E-state index in [9.17, 15) is 9.59 Å². The molecule has 1 amide bonds. The molecule has 1 fully saturated rings. The van der Waals surface area contributed by atoms with Crippen LogP contribution in [0.25, 0.3) is 0 Å². The molecule has 1 aliphatic rings. The number of hydrogen-bond acceptors (Lipinski definition) is 4. The van der Waals surface area contributed by atoms with Crippen LogP contribution in [0.2, 0.25) is 0 Å². The van der Waals surface area contributed by atoms with Gasteiger partial charge in [-0.3, -0.25) is 4.79 Å². The maximum absolute atomic E-state index is 11.0. The molecule has 1 unspecified atom stereocenters. The van der Waals surface area contributed by atoms with Crippen molar-refractivity contribution in [3.8, 4) is 5.75 Å². The van der Waals surface area contributed by atoms with E-state index >= 15 is 0 Å². The lowest BCUT2D eigenvalue weighted by Gasteiger charge is -2.23. The Kier molecular flexibility index (Phi) is 4.95. The summed E-state index contributed by atoms with van der Waals surface area (Å²) in [5, 5.41) is 15.1. The minimum Gasteiger partial charge on any atom is -0.491 e. The number of ether oxygens (including phenoxy) is 1. The number of aromatic carboxylic acids is 1. The lowest BCUT2D eigenvalue weighted by molar-refractivity contribution is -0.122. The van der Waals surface area contributed by atoms with E-state index in [0.29, 0.717) is 31.9 Å². The molecule has 0 aliphatic carbocycles. The van der Waals surface area contributed by atoms with Crippen LogP contribution in [0.5, 0.6) is 5.75 Å². The number of benzene rings is 1. The van der Waals surface area contributed by atoms with Gasteiger partial charge in [-0.1, -0.05) is 12.1 Å². The smallest absolute Gasteiger partial charge is 0.339 e. The van der Waals surface area contributed by atoms with Gasteiger partial charge in [-0.15, -0.1) is 0 Å². The van der Waals surface area contributed by atoms with Gasteiger partial charge >= 0.3 is 5.97 Å². The van der Waals surface area contributed by atoms with Crippen molar-refractivity contribution in [3.63, 3.8) is 0 Å². The number of piperidine rings is 1. The topological polar surface area (TPSA) is 87.7 Å². The highest BCUT2D eigenvalue weighted by Gasteiger charge is 2.17. The van der Waals surface area contributed by atoms with Crippen LogP contribution in [-0.4, -0.2) is 42.7 Å². The van der Waals surface area contributed by atoms with E-state index < -0.39 is 5.97 Å². The van der Waals surface area contributed by atoms with Crippen LogP contribution in [0.4, 0.5) is 0 Å². The Morgan fingerprint density at radius 2 is 2.25 bits per heavy atom. The molecule has 1 heterocycles. The predicted molar refractivity (Wildman–Crippen MR) is 72.9 cm³/mol. The molecule has 0 spiro atoms. The lowest BCUT2D eigenvalue weighted by atomic mass is 10.1. The first-order chi connectivity index (χ1) is 9.66. The minimum atomic E-state index is -0.997. The van der Waals surface area contributed by atoms with Crippen molar-refractivity contribution in [2.75, 3.05) is 19.7 Å². The highest BCUT2D eigenvalue weighted by atomic mass is 16.5. The summed E-state index contributed by atoms with van der Waals surface area (Å²) in [4.78, 5) is 22.0. The molecule has 0 bridgehead atoms. The summed E-state index contributed by atoms with van der Waals surface area (Å²) >= 11 is 0. The van der Waals surface area contributed by atoms with Crippen LogP contribution >= 0.6 is 0 Å². The molecule has 3 N–H and O–H groups in total. The van der Waals surface area contributed by atoms with Crippen molar-refractivity contribution in [1.29, 1.82) is 0 Å². The molecule has 1 aromatic rings. The average Bonchev–Trinajstić information content (AvgIpc) is 2.46. The fourth-order valence-corrected chi connectivity index (χ4v) is 2.10. The predicted octanol–water partition coefficient (Wildman–Crippen LogP) is 0.632. The summed E-state index contributed by atoms with van der Waals surface area (Å²) in [5.41, 5.74) is 0.164. The third-order valence-electron chi connectivity index (χ3n) is 3.18.